The van der Waals surface area contributed by atoms with Crippen molar-refractivity contribution < 1.29 is 29.5 Å². The molecule has 0 saturated heterocycles. The average molecular weight is 798 g/mol. The van der Waals surface area contributed by atoms with Crippen LogP contribution in [0.4, 0.5) is 34.9 Å². The van der Waals surface area contributed by atoms with Gasteiger partial charge in [-0.25, -0.2) is 0 Å². The molecule has 6 rings (SSSR count). The molecule has 6 heterocycles. The number of nitrogens with two attached hydrogens (primary N) is 2. The Balaban J connectivity index is 0.000000387. The molecule has 0 amide bonds. The van der Waals surface area contributed by atoms with Gasteiger partial charge >= 0.3 is 34.9 Å². The molecular weight excluding hydrogens is 780 g/mol. The number of nitro groups is 6. The summed E-state index contributed by atoms with van der Waals surface area (Å²) < 4.78 is 0. The van der Waals surface area contributed by atoms with Crippen molar-refractivity contribution in [2.45, 2.75) is 14.9 Å². The van der Waals surface area contributed by atoms with Crippen molar-refractivity contribution in [3.8, 4) is 0 Å². The molecule has 0 saturated carbocycles. The molecule has 296 valence electrons. The predicted octanol–water partition coefficient (Wildman–Crippen LogP) is -2.20. The fourth-order valence-corrected chi connectivity index (χ4v) is 2.35. The molecule has 42 heteroatoms. The van der Waals surface area contributed by atoms with Crippen LogP contribution in [0.1, 0.15) is 14.9 Å². The molecule has 6 aromatic rings. The summed E-state index contributed by atoms with van der Waals surface area (Å²) in [6.07, 6.45) is 5.50. The number of hydrogen-bond acceptors (Lipinski definition) is 30. The van der Waals surface area contributed by atoms with Crippen molar-refractivity contribution >= 4 is 34.9 Å². The maximum absolute atomic E-state index is 10.3. The van der Waals surface area contributed by atoms with Crippen LogP contribution in [-0.2, 0) is 0 Å². The quantitative estimate of drug-likeness (QED) is 0.0642. The maximum atomic E-state index is 10.3. The van der Waals surface area contributed by atoms with Crippen LogP contribution >= 0.6 is 0 Å². The number of rotatable bonds is 10. The van der Waals surface area contributed by atoms with Gasteiger partial charge in [-0.3, -0.25) is 5.84 Å². The van der Waals surface area contributed by atoms with Gasteiger partial charge in [-0.1, -0.05) is 24.4 Å². The molecule has 0 aliphatic heterocycles. The van der Waals surface area contributed by atoms with E-state index >= 15 is 0 Å². The molecule has 0 unspecified atom stereocenters. The predicted molar refractivity (Wildman–Crippen MR) is 165 cm³/mol. The number of nitrogens with zero attached hydrogens (tertiary/aromatic N) is 28. The van der Waals surface area contributed by atoms with E-state index in [-0.39, 0.29) is 26.5 Å². The lowest BCUT2D eigenvalue weighted by Gasteiger charge is -1.84. The van der Waals surface area contributed by atoms with E-state index < -0.39 is 52.8 Å². The first-order valence-corrected chi connectivity index (χ1v) is 12.3. The zero-order valence-corrected chi connectivity index (χ0v) is 25.0. The summed E-state index contributed by atoms with van der Waals surface area (Å²) in [4.78, 5) is 60.3. The van der Waals surface area contributed by atoms with Gasteiger partial charge in [-0.05, 0) is 40.0 Å². The topological polar surface area (TPSA) is 545 Å². The molecule has 0 radical (unpaired) electrons. The van der Waals surface area contributed by atoms with E-state index in [1.165, 1.54) is 0 Å². The van der Waals surface area contributed by atoms with Gasteiger partial charge in [-0.15, -0.1) is 20.1 Å². The Morgan fingerprint density at radius 1 is 0.464 bits per heavy atom. The Morgan fingerprint density at radius 2 is 0.804 bits per heavy atom. The smallest absolute Gasteiger partial charge is 0.358 e. The highest BCUT2D eigenvalue weighted by Gasteiger charge is 2.16. The van der Waals surface area contributed by atoms with Crippen molar-refractivity contribution in [1.82, 2.24) is 90.6 Å². The highest BCUT2D eigenvalue weighted by atomic mass is 16.6. The zero-order chi connectivity index (χ0) is 39.9. The Kier molecular flexibility index (Phi) is 15.8. The molecule has 42 nitrogen and oxygen atoms in total. The number of nitrogen functional groups attached to an aromatic ring is 2. The Morgan fingerprint density at radius 3 is 1.05 bits per heavy atom. The van der Waals surface area contributed by atoms with Crippen LogP contribution in [-0.4, -0.2) is 120 Å². The van der Waals surface area contributed by atoms with E-state index in [1.54, 1.807) is 0 Å². The molecule has 56 heavy (non-hydrogen) atoms. The van der Waals surface area contributed by atoms with Gasteiger partial charge in [-0.2, -0.15) is 0 Å². The third-order valence-electron chi connectivity index (χ3n) is 4.42. The summed E-state index contributed by atoms with van der Waals surface area (Å²) in [6, 6.07) is 0. The minimum Gasteiger partial charge on any atom is -0.358 e. The molecule has 0 fully saturated rings. The van der Waals surface area contributed by atoms with Crippen LogP contribution in [0.3, 0.4) is 0 Å². The molecule has 0 aromatic carbocycles. The fraction of sp³-hybridized carbons (Fsp3) is 0.143. The second-order valence-electron chi connectivity index (χ2n) is 7.92. The van der Waals surface area contributed by atoms with Crippen LogP contribution in [0.25, 0.3) is 0 Å². The fourth-order valence-electron chi connectivity index (χ4n) is 2.35. The van der Waals surface area contributed by atoms with Crippen molar-refractivity contribution in [1.29, 1.82) is 0 Å². The molecule has 0 spiro atoms. The molecule has 4 N–H and O–H groups in total. The van der Waals surface area contributed by atoms with Crippen molar-refractivity contribution in [3.05, 3.63) is 97.9 Å². The van der Waals surface area contributed by atoms with Gasteiger partial charge in [0, 0.05) is 15.4 Å². The number of aromatic nitrogens is 18. The van der Waals surface area contributed by atoms with E-state index in [2.05, 4.69) is 82.4 Å². The minimum atomic E-state index is -0.768. The standard InChI is InChI=1S/2C4H2N10O4.2C2H3N5O2.2CH4/c15-13(16)3-1-11(7-5-3)9-10-12-2-4(6-8-12)14(17)18;15-11(16)3-1-5-13(7-3)9-10-14-6-2-4(8-14)12(17)18;3-6-1-2(4-5-6)7(8)9;3-7-4-1-2(5-7)6(8)9;;/h2*1-2H;2*1H,3H2;2*1H4/b2*10-9+;;;;. The molecular formula is C14H18N30O12. The third kappa shape index (κ3) is 13.4. The summed E-state index contributed by atoms with van der Waals surface area (Å²) in [5, 5.41) is 113. The second-order valence-corrected chi connectivity index (χ2v) is 7.92. The Labute approximate surface area is 301 Å². The van der Waals surface area contributed by atoms with Gasteiger partial charge in [0.05, 0.1) is 25.5 Å². The first-order chi connectivity index (χ1) is 25.5. The van der Waals surface area contributed by atoms with E-state index in [1.807, 2.05) is 0 Å². The van der Waals surface area contributed by atoms with Crippen LogP contribution in [0.15, 0.2) is 58.1 Å². The second kappa shape index (κ2) is 20.0. The van der Waals surface area contributed by atoms with Crippen molar-refractivity contribution in [2.24, 2.45) is 20.9 Å². The Bertz CT molecular complexity index is 2050. The zero-order valence-electron chi connectivity index (χ0n) is 25.0. The first-order valence-electron chi connectivity index (χ1n) is 12.3. The normalized spacial score (nSPS) is 10.0. The van der Waals surface area contributed by atoms with Crippen LogP contribution in [0, 0.1) is 60.7 Å². The molecule has 0 aliphatic carbocycles. The monoisotopic (exact) mass is 798 g/mol. The number of hydrogen-bond donors (Lipinski definition) is 2. The lowest BCUT2D eigenvalue weighted by molar-refractivity contribution is -0.390. The van der Waals surface area contributed by atoms with Crippen LogP contribution in [0.5, 0.6) is 0 Å². The minimum absolute atomic E-state index is 0. The van der Waals surface area contributed by atoms with Gasteiger partial charge in [0.25, 0.3) is 0 Å². The Hall–Kier alpha value is -9.96. The van der Waals surface area contributed by atoms with E-state index in [0.29, 0.717) is 24.3 Å². The lowest BCUT2D eigenvalue weighted by atomic mass is 10.8. The van der Waals surface area contributed by atoms with Crippen molar-refractivity contribution in [2.75, 3.05) is 11.7 Å². The van der Waals surface area contributed by atoms with Gasteiger partial charge in [0.15, 0.2) is 37.2 Å². The highest BCUT2D eigenvalue weighted by molar-refractivity contribution is 5.10. The first kappa shape index (κ1) is 44.1. The summed E-state index contributed by atoms with van der Waals surface area (Å²) in [5.41, 5.74) is 0. The lowest BCUT2D eigenvalue weighted by Crippen LogP contribution is -2.11. The van der Waals surface area contributed by atoms with E-state index in [4.69, 9.17) is 11.7 Å². The van der Waals surface area contributed by atoms with Gasteiger partial charge in [0.2, 0.25) is 0 Å². The average Bonchev–Trinajstić information content (AvgIpc) is 3.96. The molecule has 0 bridgehead atoms. The van der Waals surface area contributed by atoms with Gasteiger partial charge < -0.3 is 66.5 Å². The highest BCUT2D eigenvalue weighted by Crippen LogP contribution is 2.06. The summed E-state index contributed by atoms with van der Waals surface area (Å²) >= 11 is 0. The summed E-state index contributed by atoms with van der Waals surface area (Å²) in [6.45, 7) is 0. The maximum Gasteiger partial charge on any atom is 0.412 e. The van der Waals surface area contributed by atoms with Crippen LogP contribution in [0.2, 0.25) is 0 Å². The SMILES string of the molecule is C.C.Nn1cc([N+](=O)[O-])nn1.Nn1ncc([N+](=O)[O-])n1.O=[N+]([O-])c1cn(/N=N/n2cc([N+](=O)[O-])nn2)nn1.O=[N+]([O-])c1cnn(/N=N/n2ncc([N+](=O)[O-])n2)n1. The molecule has 0 aliphatic rings. The largest absolute Gasteiger partial charge is 0.412 e. The van der Waals surface area contributed by atoms with Crippen molar-refractivity contribution in [3.63, 3.8) is 0 Å². The third-order valence-corrected chi connectivity index (χ3v) is 4.42. The summed E-state index contributed by atoms with van der Waals surface area (Å²) in [5.74, 6) is 7.09. The van der Waals surface area contributed by atoms with Gasteiger partial charge in [0.1, 0.15) is 30.6 Å². The summed E-state index contributed by atoms with van der Waals surface area (Å²) in [7, 11) is 0. The van der Waals surface area contributed by atoms with E-state index in [0.717, 1.165) is 42.0 Å². The molecule has 0 atom stereocenters. The van der Waals surface area contributed by atoms with Crippen LogP contribution < -0.4 is 11.7 Å². The van der Waals surface area contributed by atoms with E-state index in [9.17, 15) is 60.7 Å². The molecule has 6 aromatic heterocycles.